The summed E-state index contributed by atoms with van der Waals surface area (Å²) in [6.45, 7) is 10.00. The highest BCUT2D eigenvalue weighted by molar-refractivity contribution is 4.49. The summed E-state index contributed by atoms with van der Waals surface area (Å²) in [4.78, 5) is 0. The molecule has 2 nitrogen and oxygen atoms in total. The second-order valence-corrected chi connectivity index (χ2v) is 2.10. The Morgan fingerprint density at radius 1 is 1.30 bits per heavy atom. The number of ether oxygens (including phenoxy) is 1. The lowest BCUT2D eigenvalue weighted by atomic mass is 10.4. The highest BCUT2D eigenvalue weighted by atomic mass is 16.5. The van der Waals surface area contributed by atoms with Crippen LogP contribution >= 0.6 is 0 Å². The third kappa shape index (κ3) is 15.7. The largest absolute Gasteiger partial charge is 0.383 e. The predicted molar refractivity (Wildman–Crippen MR) is 46.4 cm³/mol. The van der Waals surface area contributed by atoms with E-state index in [1.54, 1.807) is 7.11 Å². The van der Waals surface area contributed by atoms with E-state index in [-0.39, 0.29) is 0 Å². The number of hydrogen-bond acceptors (Lipinski definition) is 2. The molecule has 0 bridgehead atoms. The molecule has 0 saturated carbocycles. The minimum Gasteiger partial charge on any atom is -0.383 e. The quantitative estimate of drug-likeness (QED) is 0.611. The minimum atomic E-state index is 0.574. The van der Waals surface area contributed by atoms with Crippen LogP contribution in [-0.2, 0) is 4.74 Å². The molecule has 0 atom stereocenters. The third-order valence-corrected chi connectivity index (χ3v) is 0.859. The van der Waals surface area contributed by atoms with Gasteiger partial charge in [-0.05, 0) is 0 Å². The molecular formula is C8H21NO. The Hall–Kier alpha value is -0.0800. The SMILES string of the molecule is CC.COCCNC(C)C. The van der Waals surface area contributed by atoms with Gasteiger partial charge in [-0.25, -0.2) is 0 Å². The average molecular weight is 147 g/mol. The summed E-state index contributed by atoms with van der Waals surface area (Å²) >= 11 is 0. The highest BCUT2D eigenvalue weighted by Crippen LogP contribution is 1.73. The van der Waals surface area contributed by atoms with Crippen molar-refractivity contribution < 1.29 is 4.74 Å². The van der Waals surface area contributed by atoms with E-state index in [9.17, 15) is 0 Å². The van der Waals surface area contributed by atoms with E-state index in [2.05, 4.69) is 19.2 Å². The van der Waals surface area contributed by atoms with Gasteiger partial charge in [-0.3, -0.25) is 0 Å². The Kier molecular flexibility index (Phi) is 14.7. The summed E-state index contributed by atoms with van der Waals surface area (Å²) in [5.41, 5.74) is 0. The fourth-order valence-corrected chi connectivity index (χ4v) is 0.450. The Labute approximate surface area is 65.0 Å². The van der Waals surface area contributed by atoms with Crippen LogP contribution in [0.2, 0.25) is 0 Å². The van der Waals surface area contributed by atoms with E-state index in [1.807, 2.05) is 13.8 Å². The van der Waals surface area contributed by atoms with Gasteiger partial charge in [0.2, 0.25) is 0 Å². The molecule has 1 N–H and O–H groups in total. The maximum absolute atomic E-state index is 4.83. The second-order valence-electron chi connectivity index (χ2n) is 2.10. The molecule has 0 amide bonds. The van der Waals surface area contributed by atoms with Gasteiger partial charge < -0.3 is 10.1 Å². The van der Waals surface area contributed by atoms with Crippen LogP contribution in [-0.4, -0.2) is 26.3 Å². The first-order valence-corrected chi connectivity index (χ1v) is 3.99. The van der Waals surface area contributed by atoms with E-state index >= 15 is 0 Å². The lowest BCUT2D eigenvalue weighted by molar-refractivity contribution is 0.197. The second kappa shape index (κ2) is 11.7. The monoisotopic (exact) mass is 147 g/mol. The Morgan fingerprint density at radius 2 is 1.80 bits per heavy atom. The number of rotatable bonds is 4. The minimum absolute atomic E-state index is 0.574. The van der Waals surface area contributed by atoms with Gasteiger partial charge in [0.25, 0.3) is 0 Å². The summed E-state index contributed by atoms with van der Waals surface area (Å²) in [6.07, 6.45) is 0. The van der Waals surface area contributed by atoms with Gasteiger partial charge in [0, 0.05) is 19.7 Å². The molecule has 0 aromatic heterocycles. The van der Waals surface area contributed by atoms with Crippen molar-refractivity contribution >= 4 is 0 Å². The molecule has 0 fully saturated rings. The van der Waals surface area contributed by atoms with Gasteiger partial charge in [0.15, 0.2) is 0 Å². The number of hydrogen-bond donors (Lipinski definition) is 1. The van der Waals surface area contributed by atoms with Crippen molar-refractivity contribution in [3.8, 4) is 0 Å². The Morgan fingerprint density at radius 3 is 2.10 bits per heavy atom. The van der Waals surface area contributed by atoms with E-state index in [1.165, 1.54) is 0 Å². The summed E-state index contributed by atoms with van der Waals surface area (Å²) < 4.78 is 4.83. The zero-order chi connectivity index (χ0) is 8.41. The van der Waals surface area contributed by atoms with Crippen LogP contribution in [0.3, 0.4) is 0 Å². The van der Waals surface area contributed by atoms with Crippen molar-refractivity contribution in [2.75, 3.05) is 20.3 Å². The van der Waals surface area contributed by atoms with Crippen molar-refractivity contribution in [3.63, 3.8) is 0 Å². The van der Waals surface area contributed by atoms with Crippen LogP contribution in [0.15, 0.2) is 0 Å². The van der Waals surface area contributed by atoms with Crippen LogP contribution in [0.5, 0.6) is 0 Å². The molecule has 0 radical (unpaired) electrons. The first kappa shape index (κ1) is 12.6. The van der Waals surface area contributed by atoms with Crippen molar-refractivity contribution in [1.82, 2.24) is 5.32 Å². The number of nitrogens with one attached hydrogen (secondary N) is 1. The van der Waals surface area contributed by atoms with Crippen LogP contribution in [0.1, 0.15) is 27.7 Å². The fraction of sp³-hybridized carbons (Fsp3) is 1.00. The predicted octanol–water partition coefficient (Wildman–Crippen LogP) is 1.66. The molecule has 0 aliphatic heterocycles. The van der Waals surface area contributed by atoms with Gasteiger partial charge >= 0.3 is 0 Å². The molecule has 0 aliphatic rings. The smallest absolute Gasteiger partial charge is 0.0587 e. The van der Waals surface area contributed by atoms with Gasteiger partial charge in [-0.1, -0.05) is 27.7 Å². The van der Waals surface area contributed by atoms with Crippen LogP contribution in [0.25, 0.3) is 0 Å². The van der Waals surface area contributed by atoms with Gasteiger partial charge in [0.1, 0.15) is 0 Å². The molecular weight excluding hydrogens is 126 g/mol. The normalized spacial score (nSPS) is 9.00. The lowest BCUT2D eigenvalue weighted by Gasteiger charge is -2.05. The summed E-state index contributed by atoms with van der Waals surface area (Å²) in [5.74, 6) is 0. The van der Waals surface area contributed by atoms with Crippen molar-refractivity contribution in [1.29, 1.82) is 0 Å². The Bertz CT molecular complexity index is 46.5. The molecule has 10 heavy (non-hydrogen) atoms. The first-order valence-electron chi connectivity index (χ1n) is 3.99. The van der Waals surface area contributed by atoms with Crippen LogP contribution in [0.4, 0.5) is 0 Å². The lowest BCUT2D eigenvalue weighted by Crippen LogP contribution is -2.26. The molecule has 0 aromatic carbocycles. The van der Waals surface area contributed by atoms with Crippen molar-refractivity contribution in [3.05, 3.63) is 0 Å². The van der Waals surface area contributed by atoms with E-state index in [0.717, 1.165) is 13.2 Å². The average Bonchev–Trinajstić information content (AvgIpc) is 1.92. The van der Waals surface area contributed by atoms with Crippen LogP contribution < -0.4 is 5.32 Å². The Balaban J connectivity index is 0. The van der Waals surface area contributed by atoms with Crippen molar-refractivity contribution in [2.45, 2.75) is 33.7 Å². The van der Waals surface area contributed by atoms with Gasteiger partial charge in [-0.15, -0.1) is 0 Å². The molecule has 0 heterocycles. The van der Waals surface area contributed by atoms with Gasteiger partial charge in [-0.2, -0.15) is 0 Å². The van der Waals surface area contributed by atoms with Crippen molar-refractivity contribution in [2.24, 2.45) is 0 Å². The molecule has 64 valence electrons. The standard InChI is InChI=1S/C6H15NO.C2H6/c1-6(2)7-4-5-8-3;1-2/h6-7H,4-5H2,1-3H3;1-2H3. The van der Waals surface area contributed by atoms with Gasteiger partial charge in [0.05, 0.1) is 6.61 Å². The zero-order valence-corrected chi connectivity index (χ0v) is 7.90. The summed E-state index contributed by atoms with van der Waals surface area (Å²) in [6, 6.07) is 0.574. The maximum atomic E-state index is 4.83. The molecule has 0 rings (SSSR count). The summed E-state index contributed by atoms with van der Waals surface area (Å²) in [5, 5.41) is 3.22. The molecule has 0 spiro atoms. The molecule has 0 unspecified atom stereocenters. The third-order valence-electron chi connectivity index (χ3n) is 0.859. The maximum Gasteiger partial charge on any atom is 0.0587 e. The van der Waals surface area contributed by atoms with Crippen LogP contribution in [0, 0.1) is 0 Å². The number of methoxy groups -OCH3 is 1. The van der Waals surface area contributed by atoms with E-state index in [0.29, 0.717) is 6.04 Å². The fourth-order valence-electron chi connectivity index (χ4n) is 0.450. The summed E-state index contributed by atoms with van der Waals surface area (Å²) in [7, 11) is 1.71. The highest BCUT2D eigenvalue weighted by Gasteiger charge is 1.87. The first-order chi connectivity index (χ1) is 4.77. The molecule has 2 heteroatoms. The molecule has 0 aromatic rings. The molecule has 0 saturated heterocycles. The molecule has 0 aliphatic carbocycles. The van der Waals surface area contributed by atoms with E-state index < -0.39 is 0 Å². The zero-order valence-electron chi connectivity index (χ0n) is 7.90. The van der Waals surface area contributed by atoms with E-state index in [4.69, 9.17) is 4.74 Å². The topological polar surface area (TPSA) is 21.3 Å².